The molecule has 1 fully saturated rings. The van der Waals surface area contributed by atoms with Crippen LogP contribution in [0.1, 0.15) is 6.42 Å². The summed E-state index contributed by atoms with van der Waals surface area (Å²) in [5, 5.41) is 0. The minimum absolute atomic E-state index is 0.119. The number of hydrogen-bond acceptors (Lipinski definition) is 2. The monoisotopic (exact) mass is 143 g/mol. The molecule has 0 radical (unpaired) electrons. The smallest absolute Gasteiger partial charge is 0.188 e. The largest absolute Gasteiger partial charge is 0.289 e. The molecule has 2 nitrogen and oxygen atoms in total. The molecule has 1 aliphatic heterocycles. The van der Waals surface area contributed by atoms with Gasteiger partial charge in [-0.05, 0) is 17.7 Å². The van der Waals surface area contributed by atoms with Gasteiger partial charge in [0.2, 0.25) is 0 Å². The molecule has 0 atom stereocenters. The molecule has 1 heterocycles. The van der Waals surface area contributed by atoms with Crippen LogP contribution in [0.15, 0.2) is 40.1 Å². The van der Waals surface area contributed by atoms with Crippen molar-refractivity contribution < 1.29 is 4.79 Å². The van der Waals surface area contributed by atoms with Crippen LogP contribution >= 0.6 is 0 Å². The molecule has 0 aromatic heterocycles. The van der Waals surface area contributed by atoms with Crippen molar-refractivity contribution in [2.75, 3.05) is 0 Å². The lowest BCUT2D eigenvalue weighted by atomic mass is 10.0. The van der Waals surface area contributed by atoms with E-state index in [-0.39, 0.29) is 5.78 Å². The van der Waals surface area contributed by atoms with Gasteiger partial charge < -0.3 is 0 Å². The average Bonchev–Trinajstić information content (AvgIpc) is 2.62. The summed E-state index contributed by atoms with van der Waals surface area (Å²) < 4.78 is 0. The van der Waals surface area contributed by atoms with Gasteiger partial charge in [-0.1, -0.05) is 6.08 Å². The molecule has 3 aliphatic rings. The van der Waals surface area contributed by atoms with E-state index in [4.69, 9.17) is 0 Å². The highest BCUT2D eigenvalue weighted by molar-refractivity contribution is 6.29. The maximum absolute atomic E-state index is 11.3. The minimum Gasteiger partial charge on any atom is -0.289 e. The number of fused-ring (bicyclic) bond motifs is 2. The molecule has 52 valence electrons. The Hall–Kier alpha value is -1.44. The zero-order valence-electron chi connectivity index (χ0n) is 5.79. The van der Waals surface area contributed by atoms with Crippen LogP contribution in [-0.2, 0) is 4.79 Å². The molecule has 0 aromatic carbocycles. The number of dihydropyridines is 1. The predicted molar refractivity (Wildman–Crippen MR) is 41.3 cm³/mol. The van der Waals surface area contributed by atoms with Gasteiger partial charge in [0.05, 0.1) is 11.3 Å². The van der Waals surface area contributed by atoms with Crippen molar-refractivity contribution in [2.24, 2.45) is 4.99 Å². The molecule has 0 unspecified atom stereocenters. The summed E-state index contributed by atoms with van der Waals surface area (Å²) in [6.45, 7) is 0. The molecule has 0 aromatic rings. The molecule has 0 saturated heterocycles. The fourth-order valence-corrected chi connectivity index (χ4v) is 1.52. The Morgan fingerprint density at radius 2 is 2.36 bits per heavy atom. The molecule has 0 N–H and O–H groups in total. The summed E-state index contributed by atoms with van der Waals surface area (Å²) >= 11 is 0. The molecule has 3 rings (SSSR count). The topological polar surface area (TPSA) is 29.4 Å². The highest BCUT2D eigenvalue weighted by atomic mass is 16.1. The molecule has 2 heteroatoms. The summed E-state index contributed by atoms with van der Waals surface area (Å²) in [5.74, 6) is 0.119. The molecule has 0 bridgehead atoms. The van der Waals surface area contributed by atoms with Crippen molar-refractivity contribution in [1.29, 1.82) is 0 Å². The van der Waals surface area contributed by atoms with Crippen LogP contribution in [0.4, 0.5) is 0 Å². The normalized spacial score (nSPS) is 24.5. The zero-order valence-corrected chi connectivity index (χ0v) is 5.79. The van der Waals surface area contributed by atoms with E-state index in [0.29, 0.717) is 0 Å². The van der Waals surface area contributed by atoms with Crippen molar-refractivity contribution >= 4 is 11.5 Å². The molecule has 11 heavy (non-hydrogen) atoms. The van der Waals surface area contributed by atoms with Gasteiger partial charge in [0.1, 0.15) is 0 Å². The minimum atomic E-state index is 0.119. The van der Waals surface area contributed by atoms with Crippen LogP contribution in [0.5, 0.6) is 0 Å². The Morgan fingerprint density at radius 3 is 3.18 bits per heavy atom. The molecular weight excluding hydrogens is 138 g/mol. The quantitative estimate of drug-likeness (QED) is 0.500. The summed E-state index contributed by atoms with van der Waals surface area (Å²) in [6, 6.07) is 0. The van der Waals surface area contributed by atoms with E-state index >= 15 is 0 Å². The van der Waals surface area contributed by atoms with E-state index in [9.17, 15) is 4.79 Å². The van der Waals surface area contributed by atoms with Crippen LogP contribution in [0.3, 0.4) is 0 Å². The van der Waals surface area contributed by atoms with Gasteiger partial charge in [-0.25, -0.2) is 0 Å². The number of hydrogen-bond donors (Lipinski definition) is 0. The predicted octanol–water partition coefficient (Wildman–Crippen LogP) is 1.16. The summed E-state index contributed by atoms with van der Waals surface area (Å²) in [6.07, 6.45) is 6.19. The van der Waals surface area contributed by atoms with Gasteiger partial charge in [-0.2, -0.15) is 0 Å². The Labute approximate surface area is 63.6 Å². The SMILES string of the molecule is O=C1C=CC=C2N=C3CC3=C12. The average molecular weight is 143 g/mol. The first-order valence-electron chi connectivity index (χ1n) is 3.60. The first-order chi connectivity index (χ1) is 5.36. The van der Waals surface area contributed by atoms with Crippen LogP contribution in [0, 0.1) is 0 Å². The van der Waals surface area contributed by atoms with Crippen LogP contribution in [-0.4, -0.2) is 11.5 Å². The lowest BCUT2D eigenvalue weighted by molar-refractivity contribution is -0.111. The number of allylic oxidation sites excluding steroid dienone is 5. The van der Waals surface area contributed by atoms with Crippen molar-refractivity contribution in [3.05, 3.63) is 35.1 Å². The lowest BCUT2D eigenvalue weighted by Crippen LogP contribution is -2.02. The maximum Gasteiger partial charge on any atom is 0.188 e. The third kappa shape index (κ3) is 0.522. The van der Waals surface area contributed by atoms with E-state index in [1.54, 1.807) is 12.2 Å². The van der Waals surface area contributed by atoms with E-state index in [1.807, 2.05) is 6.08 Å². The molecule has 0 amide bonds. The van der Waals surface area contributed by atoms with E-state index in [2.05, 4.69) is 4.99 Å². The number of rotatable bonds is 0. The highest BCUT2D eigenvalue weighted by Gasteiger charge is 2.37. The van der Waals surface area contributed by atoms with Gasteiger partial charge in [-0.3, -0.25) is 9.79 Å². The summed E-state index contributed by atoms with van der Waals surface area (Å²) in [7, 11) is 0. The van der Waals surface area contributed by atoms with Crippen LogP contribution in [0.25, 0.3) is 0 Å². The van der Waals surface area contributed by atoms with Crippen molar-refractivity contribution in [1.82, 2.24) is 0 Å². The second-order valence-corrected chi connectivity index (χ2v) is 2.86. The van der Waals surface area contributed by atoms with Crippen molar-refractivity contribution in [3.63, 3.8) is 0 Å². The Bertz CT molecular complexity index is 394. The lowest BCUT2D eigenvalue weighted by Gasteiger charge is -2.03. The summed E-state index contributed by atoms with van der Waals surface area (Å²) in [4.78, 5) is 15.5. The Morgan fingerprint density at radius 1 is 1.45 bits per heavy atom. The first kappa shape index (κ1) is 5.24. The van der Waals surface area contributed by atoms with Gasteiger partial charge in [0.15, 0.2) is 5.78 Å². The third-order valence-electron chi connectivity index (χ3n) is 2.13. The standard InChI is InChI=1S/C9H5NO/c11-8-3-1-2-6-9(8)5-4-7(5)10-6/h1-3H,4H2. The van der Waals surface area contributed by atoms with Gasteiger partial charge >= 0.3 is 0 Å². The number of ketones is 1. The van der Waals surface area contributed by atoms with Gasteiger partial charge in [-0.15, -0.1) is 0 Å². The van der Waals surface area contributed by atoms with E-state index in [0.717, 1.165) is 23.4 Å². The van der Waals surface area contributed by atoms with Gasteiger partial charge in [0.25, 0.3) is 0 Å². The molecular formula is C9H5NO. The molecule has 2 aliphatic carbocycles. The Kier molecular flexibility index (Phi) is 0.677. The fraction of sp³-hybridized carbons (Fsp3) is 0.111. The Balaban J connectivity index is 2.29. The first-order valence-corrected chi connectivity index (χ1v) is 3.60. The number of carbonyl (C=O) groups excluding carboxylic acids is 1. The number of aliphatic imine (C=N–C) groups is 1. The zero-order chi connectivity index (χ0) is 7.42. The van der Waals surface area contributed by atoms with E-state index in [1.165, 1.54) is 5.57 Å². The molecule has 0 spiro atoms. The second kappa shape index (κ2) is 1.42. The number of carbonyl (C=O) groups is 1. The fourth-order valence-electron chi connectivity index (χ4n) is 1.52. The van der Waals surface area contributed by atoms with Crippen molar-refractivity contribution in [3.8, 4) is 0 Å². The molecule has 1 saturated carbocycles. The van der Waals surface area contributed by atoms with Crippen LogP contribution < -0.4 is 0 Å². The summed E-state index contributed by atoms with van der Waals surface area (Å²) in [5.41, 5.74) is 4.00. The van der Waals surface area contributed by atoms with E-state index < -0.39 is 0 Å². The van der Waals surface area contributed by atoms with Gasteiger partial charge in [0, 0.05) is 12.1 Å². The highest BCUT2D eigenvalue weighted by Crippen LogP contribution is 2.41. The second-order valence-electron chi connectivity index (χ2n) is 2.86. The van der Waals surface area contributed by atoms with Crippen LogP contribution in [0.2, 0.25) is 0 Å². The van der Waals surface area contributed by atoms with Crippen molar-refractivity contribution in [2.45, 2.75) is 6.42 Å². The maximum atomic E-state index is 11.3. The third-order valence-corrected chi connectivity index (χ3v) is 2.13. The number of nitrogens with zero attached hydrogens (tertiary/aromatic N) is 1.